The first kappa shape index (κ1) is 21.5. The van der Waals surface area contributed by atoms with Crippen molar-refractivity contribution in [1.82, 2.24) is 0 Å². The maximum absolute atomic E-state index is 13.2. The van der Waals surface area contributed by atoms with Gasteiger partial charge in [-0.3, -0.25) is 14.4 Å². The van der Waals surface area contributed by atoms with Gasteiger partial charge in [0.25, 0.3) is 0 Å². The summed E-state index contributed by atoms with van der Waals surface area (Å²) in [4.78, 5) is 37.3. The van der Waals surface area contributed by atoms with Crippen molar-refractivity contribution in [1.29, 1.82) is 0 Å². The first-order chi connectivity index (χ1) is 14.2. The number of esters is 1. The number of allylic oxidation sites excluding steroid dienone is 4. The molecule has 3 fully saturated rings. The van der Waals surface area contributed by atoms with Crippen LogP contribution in [0.3, 0.4) is 0 Å². The summed E-state index contributed by atoms with van der Waals surface area (Å²) in [6.07, 6.45) is 10.9. The highest BCUT2D eigenvalue weighted by atomic mass is 16.5. The van der Waals surface area contributed by atoms with E-state index in [1.165, 1.54) is 11.1 Å². The summed E-state index contributed by atoms with van der Waals surface area (Å²) in [5.41, 5.74) is 2.12. The van der Waals surface area contributed by atoms with Crippen LogP contribution in [0.1, 0.15) is 85.5 Å². The second-order valence-electron chi connectivity index (χ2n) is 10.4. The lowest BCUT2D eigenvalue weighted by molar-refractivity contribution is -0.154. The van der Waals surface area contributed by atoms with Crippen LogP contribution in [-0.2, 0) is 19.1 Å². The maximum atomic E-state index is 13.2. The summed E-state index contributed by atoms with van der Waals surface area (Å²) in [6.45, 7) is 8.38. The van der Waals surface area contributed by atoms with Gasteiger partial charge in [-0.25, -0.2) is 0 Å². The smallest absolute Gasteiger partial charge is 0.306 e. The molecule has 1 unspecified atom stereocenters. The van der Waals surface area contributed by atoms with E-state index in [2.05, 4.69) is 13.8 Å². The van der Waals surface area contributed by atoms with Crippen LogP contribution in [0.2, 0.25) is 0 Å². The number of carbonyl (C=O) groups is 3. The van der Waals surface area contributed by atoms with E-state index in [0.29, 0.717) is 42.8 Å². The molecule has 4 heteroatoms. The SMILES string of the molecule is CCCC(=O)OC(C)C[C@]12CC[C@H]3[C@@H](CCC4=CC(=O)C=C(C)[C@@]43C)[C@@H]1CCC2=O. The van der Waals surface area contributed by atoms with Crippen molar-refractivity contribution < 1.29 is 19.1 Å². The molecule has 164 valence electrons. The number of ketones is 2. The second kappa shape index (κ2) is 7.76. The highest BCUT2D eigenvalue weighted by Gasteiger charge is 2.61. The monoisotopic (exact) mass is 412 g/mol. The third kappa shape index (κ3) is 3.22. The van der Waals surface area contributed by atoms with Gasteiger partial charge < -0.3 is 4.74 Å². The fourth-order valence-corrected chi connectivity index (χ4v) is 7.57. The molecule has 0 saturated heterocycles. The van der Waals surface area contributed by atoms with Crippen molar-refractivity contribution in [3.63, 3.8) is 0 Å². The van der Waals surface area contributed by atoms with Crippen LogP contribution in [0.5, 0.6) is 0 Å². The molecule has 0 spiro atoms. The Hall–Kier alpha value is -1.71. The van der Waals surface area contributed by atoms with Gasteiger partial charge in [-0.1, -0.05) is 25.0 Å². The number of carbonyl (C=O) groups excluding carboxylic acids is 3. The molecule has 0 aliphatic heterocycles. The third-order valence-corrected chi connectivity index (χ3v) is 8.97. The number of fused-ring (bicyclic) bond motifs is 5. The minimum Gasteiger partial charge on any atom is -0.463 e. The van der Waals surface area contributed by atoms with E-state index in [9.17, 15) is 14.4 Å². The number of hydrogen-bond acceptors (Lipinski definition) is 4. The van der Waals surface area contributed by atoms with Crippen molar-refractivity contribution in [3.8, 4) is 0 Å². The fourth-order valence-electron chi connectivity index (χ4n) is 7.57. The zero-order chi connectivity index (χ0) is 21.7. The van der Waals surface area contributed by atoms with Gasteiger partial charge >= 0.3 is 5.97 Å². The van der Waals surface area contributed by atoms with Crippen LogP contribution < -0.4 is 0 Å². The van der Waals surface area contributed by atoms with Crippen LogP contribution in [0.15, 0.2) is 23.3 Å². The first-order valence-electron chi connectivity index (χ1n) is 11.9. The normalized spacial score (nSPS) is 38.7. The van der Waals surface area contributed by atoms with Crippen LogP contribution in [0.4, 0.5) is 0 Å². The Morgan fingerprint density at radius 2 is 1.93 bits per heavy atom. The van der Waals surface area contributed by atoms with Gasteiger partial charge in [-0.15, -0.1) is 0 Å². The Balaban J connectivity index is 1.59. The molecular formula is C26H36O4. The highest BCUT2D eigenvalue weighted by molar-refractivity contribution is 6.02. The molecule has 0 aromatic heterocycles. The zero-order valence-electron chi connectivity index (χ0n) is 19.0. The number of Topliss-reactive ketones (excluding diaryl/α,β-unsaturated/α-hetero) is 1. The van der Waals surface area contributed by atoms with E-state index in [0.717, 1.165) is 38.5 Å². The van der Waals surface area contributed by atoms with Crippen molar-refractivity contribution in [2.45, 2.75) is 91.6 Å². The van der Waals surface area contributed by atoms with Gasteiger partial charge in [0.05, 0.1) is 6.10 Å². The van der Waals surface area contributed by atoms with Gasteiger partial charge in [0.15, 0.2) is 5.78 Å². The minimum absolute atomic E-state index is 0.0478. The quantitative estimate of drug-likeness (QED) is 0.571. The molecule has 0 heterocycles. The van der Waals surface area contributed by atoms with Crippen LogP contribution in [0, 0.1) is 28.6 Å². The van der Waals surface area contributed by atoms with Gasteiger partial charge in [-0.05, 0) is 88.7 Å². The third-order valence-electron chi connectivity index (χ3n) is 8.97. The summed E-state index contributed by atoms with van der Waals surface area (Å²) in [6, 6.07) is 0. The topological polar surface area (TPSA) is 60.4 Å². The van der Waals surface area contributed by atoms with Crippen molar-refractivity contribution >= 4 is 17.5 Å². The van der Waals surface area contributed by atoms with Gasteiger partial charge in [0.1, 0.15) is 5.78 Å². The van der Waals surface area contributed by atoms with E-state index < -0.39 is 0 Å². The molecule has 0 radical (unpaired) electrons. The summed E-state index contributed by atoms with van der Waals surface area (Å²) >= 11 is 0. The Morgan fingerprint density at radius 3 is 2.67 bits per heavy atom. The van der Waals surface area contributed by atoms with Crippen LogP contribution in [0.25, 0.3) is 0 Å². The predicted octanol–water partition coefficient (Wildman–Crippen LogP) is 5.36. The van der Waals surface area contributed by atoms with Crippen LogP contribution in [-0.4, -0.2) is 23.6 Å². The molecule has 0 N–H and O–H groups in total. The lowest BCUT2D eigenvalue weighted by atomic mass is 9.46. The Labute approximate surface area is 180 Å². The minimum atomic E-state index is -0.327. The van der Waals surface area contributed by atoms with Gasteiger partial charge in [0, 0.05) is 23.7 Å². The number of rotatable bonds is 5. The predicted molar refractivity (Wildman–Crippen MR) is 116 cm³/mol. The number of hydrogen-bond donors (Lipinski definition) is 0. The highest BCUT2D eigenvalue weighted by Crippen LogP contribution is 2.66. The standard InChI is InChI=1S/C26H36O4/c1-5-6-24(29)30-17(3)15-26-12-11-21-20(22(26)9-10-23(26)28)8-7-18-14-19(27)13-16(2)25(18,21)4/h13-14,17,20-22H,5-12,15H2,1-4H3/t17?,20-,21+,22+,25+,26-/m1/s1. The summed E-state index contributed by atoms with van der Waals surface area (Å²) in [7, 11) is 0. The molecule has 4 nitrogen and oxygen atoms in total. The molecule has 4 rings (SSSR count). The second-order valence-corrected chi connectivity index (χ2v) is 10.4. The van der Waals surface area contributed by atoms with E-state index in [4.69, 9.17) is 4.74 Å². The molecule has 0 aromatic rings. The number of ether oxygens (including phenoxy) is 1. The Kier molecular flexibility index (Phi) is 5.57. The molecule has 3 saturated carbocycles. The maximum Gasteiger partial charge on any atom is 0.306 e. The molecule has 0 aromatic carbocycles. The van der Waals surface area contributed by atoms with Gasteiger partial charge in [0.2, 0.25) is 0 Å². The fraction of sp³-hybridized carbons (Fsp3) is 0.731. The van der Waals surface area contributed by atoms with E-state index >= 15 is 0 Å². The average Bonchev–Trinajstić information content (AvgIpc) is 2.99. The summed E-state index contributed by atoms with van der Waals surface area (Å²) in [5.74, 6) is 1.74. The summed E-state index contributed by atoms with van der Waals surface area (Å²) < 4.78 is 5.67. The average molecular weight is 413 g/mol. The Morgan fingerprint density at radius 1 is 1.17 bits per heavy atom. The Bertz CT molecular complexity index is 821. The van der Waals surface area contributed by atoms with Crippen molar-refractivity contribution in [2.75, 3.05) is 0 Å². The molecule has 0 bridgehead atoms. The lowest BCUT2D eigenvalue weighted by Gasteiger charge is -2.57. The summed E-state index contributed by atoms with van der Waals surface area (Å²) in [5, 5.41) is 0. The van der Waals surface area contributed by atoms with Crippen molar-refractivity contribution in [3.05, 3.63) is 23.3 Å². The van der Waals surface area contributed by atoms with E-state index in [1.54, 1.807) is 0 Å². The molecule has 4 aliphatic rings. The van der Waals surface area contributed by atoms with Crippen LogP contribution >= 0.6 is 0 Å². The molecular weight excluding hydrogens is 376 g/mol. The molecule has 6 atom stereocenters. The van der Waals surface area contributed by atoms with E-state index in [-0.39, 0.29) is 28.7 Å². The van der Waals surface area contributed by atoms with Gasteiger partial charge in [-0.2, -0.15) is 0 Å². The van der Waals surface area contributed by atoms with E-state index in [1.807, 2.05) is 26.0 Å². The van der Waals surface area contributed by atoms with Crippen molar-refractivity contribution in [2.24, 2.45) is 28.6 Å². The molecule has 4 aliphatic carbocycles. The lowest BCUT2D eigenvalue weighted by Crippen LogP contribution is -2.52. The zero-order valence-corrected chi connectivity index (χ0v) is 19.0. The molecule has 30 heavy (non-hydrogen) atoms. The largest absolute Gasteiger partial charge is 0.463 e. The molecule has 0 amide bonds. The first-order valence-corrected chi connectivity index (χ1v) is 11.9.